The fourth-order valence-electron chi connectivity index (χ4n) is 1.38. The zero-order valence-electron chi connectivity index (χ0n) is 11.3. The van der Waals surface area contributed by atoms with E-state index in [9.17, 15) is 0 Å². The Labute approximate surface area is 127 Å². The van der Waals surface area contributed by atoms with Gasteiger partial charge >= 0.3 is 0 Å². The van der Waals surface area contributed by atoms with Gasteiger partial charge in [-0.1, -0.05) is 19.9 Å². The number of guanidine groups is 1. The Kier molecular flexibility index (Phi) is 9.63. The average molecular weight is 362 g/mol. The van der Waals surface area contributed by atoms with E-state index in [0.29, 0.717) is 5.92 Å². The molecule has 0 unspecified atom stereocenters. The van der Waals surface area contributed by atoms with Crippen molar-refractivity contribution < 1.29 is 0 Å². The lowest BCUT2D eigenvalue weighted by molar-refractivity contribution is 0.614. The molecular weight excluding hydrogens is 339 g/mol. The van der Waals surface area contributed by atoms with Crippen molar-refractivity contribution in [3.8, 4) is 0 Å². The van der Waals surface area contributed by atoms with Crippen molar-refractivity contribution in [1.29, 1.82) is 0 Å². The summed E-state index contributed by atoms with van der Waals surface area (Å²) in [5.74, 6) is 1.47. The molecule has 0 aliphatic rings. The summed E-state index contributed by atoms with van der Waals surface area (Å²) in [7, 11) is 1.79. The third-order valence-corrected chi connectivity index (χ3v) is 2.30. The summed E-state index contributed by atoms with van der Waals surface area (Å²) in [5, 5.41) is 6.55. The topological polar surface area (TPSA) is 49.3 Å². The van der Waals surface area contributed by atoms with E-state index in [2.05, 4.69) is 34.5 Å². The summed E-state index contributed by atoms with van der Waals surface area (Å²) < 4.78 is 0. The fourth-order valence-corrected chi connectivity index (χ4v) is 1.38. The van der Waals surface area contributed by atoms with Crippen LogP contribution in [0.2, 0.25) is 0 Å². The summed E-state index contributed by atoms with van der Waals surface area (Å²) in [6, 6.07) is 5.97. The van der Waals surface area contributed by atoms with Crippen LogP contribution in [0.15, 0.2) is 29.4 Å². The molecule has 5 heteroatoms. The second kappa shape index (κ2) is 10.1. The van der Waals surface area contributed by atoms with E-state index in [-0.39, 0.29) is 24.0 Å². The zero-order chi connectivity index (χ0) is 12.5. The Morgan fingerprint density at radius 1 is 1.33 bits per heavy atom. The fraction of sp³-hybridized carbons (Fsp3) is 0.538. The van der Waals surface area contributed by atoms with Crippen molar-refractivity contribution >= 4 is 29.9 Å². The molecule has 0 amide bonds. The summed E-state index contributed by atoms with van der Waals surface area (Å²) in [6.45, 7) is 6.13. The minimum Gasteiger partial charge on any atom is -0.356 e. The Bertz CT molecular complexity index is 338. The first-order chi connectivity index (χ1) is 8.22. The van der Waals surface area contributed by atoms with Crippen LogP contribution in [-0.2, 0) is 6.42 Å². The van der Waals surface area contributed by atoms with Gasteiger partial charge in [-0.15, -0.1) is 24.0 Å². The number of hydrogen-bond donors (Lipinski definition) is 2. The third-order valence-electron chi connectivity index (χ3n) is 2.30. The molecular formula is C13H23IN4. The Hall–Kier alpha value is -0.850. The molecule has 0 atom stereocenters. The standard InChI is InChI=1S/C13H22N4.HI/c1-11(2)10-17-13(14-3)16-9-7-12-6-4-5-8-15-12;/h4-6,8,11H,7,9-10H2,1-3H3,(H2,14,16,17);1H. The number of nitrogens with one attached hydrogen (secondary N) is 2. The van der Waals surface area contributed by atoms with E-state index < -0.39 is 0 Å². The molecule has 0 spiro atoms. The lowest BCUT2D eigenvalue weighted by atomic mass is 10.2. The van der Waals surface area contributed by atoms with Crippen molar-refractivity contribution in [2.45, 2.75) is 20.3 Å². The van der Waals surface area contributed by atoms with Gasteiger partial charge in [-0.3, -0.25) is 9.98 Å². The molecule has 2 N–H and O–H groups in total. The predicted octanol–water partition coefficient (Wildman–Crippen LogP) is 2.06. The molecule has 0 aliphatic carbocycles. The smallest absolute Gasteiger partial charge is 0.190 e. The lowest BCUT2D eigenvalue weighted by Crippen LogP contribution is -2.39. The highest BCUT2D eigenvalue weighted by Crippen LogP contribution is 1.93. The van der Waals surface area contributed by atoms with Crippen LogP contribution in [-0.4, -0.2) is 31.1 Å². The Morgan fingerprint density at radius 3 is 2.67 bits per heavy atom. The maximum atomic E-state index is 4.28. The van der Waals surface area contributed by atoms with Crippen LogP contribution >= 0.6 is 24.0 Å². The van der Waals surface area contributed by atoms with Gasteiger partial charge in [-0.05, 0) is 18.1 Å². The van der Waals surface area contributed by atoms with Gasteiger partial charge in [0, 0.05) is 38.4 Å². The second-order valence-electron chi connectivity index (χ2n) is 4.34. The number of rotatable bonds is 5. The van der Waals surface area contributed by atoms with Gasteiger partial charge in [-0.25, -0.2) is 0 Å². The molecule has 1 aromatic heterocycles. The van der Waals surface area contributed by atoms with Crippen molar-refractivity contribution in [2.75, 3.05) is 20.1 Å². The minimum atomic E-state index is 0. The van der Waals surface area contributed by atoms with Crippen LogP contribution in [0, 0.1) is 5.92 Å². The largest absolute Gasteiger partial charge is 0.356 e. The molecule has 1 aromatic rings. The molecule has 0 aliphatic heterocycles. The van der Waals surface area contributed by atoms with E-state index in [1.54, 1.807) is 7.05 Å². The van der Waals surface area contributed by atoms with E-state index >= 15 is 0 Å². The van der Waals surface area contributed by atoms with Crippen LogP contribution in [0.1, 0.15) is 19.5 Å². The maximum Gasteiger partial charge on any atom is 0.190 e. The van der Waals surface area contributed by atoms with Gasteiger partial charge in [-0.2, -0.15) is 0 Å². The molecule has 0 saturated heterocycles. The molecule has 18 heavy (non-hydrogen) atoms. The van der Waals surface area contributed by atoms with Crippen molar-refractivity contribution in [3.05, 3.63) is 30.1 Å². The number of aromatic nitrogens is 1. The quantitative estimate of drug-likeness (QED) is 0.479. The molecule has 102 valence electrons. The van der Waals surface area contributed by atoms with Crippen LogP contribution < -0.4 is 10.6 Å². The summed E-state index contributed by atoms with van der Waals surface area (Å²) in [4.78, 5) is 8.44. The molecule has 0 aromatic carbocycles. The molecule has 4 nitrogen and oxygen atoms in total. The SMILES string of the molecule is CN=C(NCCc1ccccn1)NCC(C)C.I. The first kappa shape index (κ1) is 17.2. The zero-order valence-corrected chi connectivity index (χ0v) is 13.6. The average Bonchev–Trinajstić information content (AvgIpc) is 2.34. The minimum absolute atomic E-state index is 0. The number of aliphatic imine (C=N–C) groups is 1. The van der Waals surface area contributed by atoms with Crippen LogP contribution in [0.3, 0.4) is 0 Å². The van der Waals surface area contributed by atoms with E-state index in [1.165, 1.54) is 0 Å². The van der Waals surface area contributed by atoms with Crippen LogP contribution in [0.25, 0.3) is 0 Å². The van der Waals surface area contributed by atoms with Gasteiger partial charge in [0.1, 0.15) is 0 Å². The number of halogens is 1. The number of pyridine rings is 1. The highest BCUT2D eigenvalue weighted by Gasteiger charge is 1.99. The normalized spacial score (nSPS) is 11.0. The maximum absolute atomic E-state index is 4.28. The lowest BCUT2D eigenvalue weighted by Gasteiger charge is -2.13. The Morgan fingerprint density at radius 2 is 2.11 bits per heavy atom. The second-order valence-corrected chi connectivity index (χ2v) is 4.34. The van der Waals surface area contributed by atoms with E-state index in [0.717, 1.165) is 31.2 Å². The van der Waals surface area contributed by atoms with E-state index in [4.69, 9.17) is 0 Å². The molecule has 1 rings (SSSR count). The third kappa shape index (κ3) is 7.47. The number of nitrogens with zero attached hydrogens (tertiary/aromatic N) is 2. The van der Waals surface area contributed by atoms with Gasteiger partial charge < -0.3 is 10.6 Å². The molecule has 0 radical (unpaired) electrons. The molecule has 0 fully saturated rings. The molecule has 1 heterocycles. The molecule has 0 saturated carbocycles. The summed E-state index contributed by atoms with van der Waals surface area (Å²) in [5.41, 5.74) is 1.10. The summed E-state index contributed by atoms with van der Waals surface area (Å²) >= 11 is 0. The number of hydrogen-bond acceptors (Lipinski definition) is 2. The van der Waals surface area contributed by atoms with Crippen LogP contribution in [0.5, 0.6) is 0 Å². The monoisotopic (exact) mass is 362 g/mol. The first-order valence-electron chi connectivity index (χ1n) is 6.06. The highest BCUT2D eigenvalue weighted by molar-refractivity contribution is 14.0. The van der Waals surface area contributed by atoms with Crippen molar-refractivity contribution in [3.63, 3.8) is 0 Å². The van der Waals surface area contributed by atoms with Crippen LogP contribution in [0.4, 0.5) is 0 Å². The highest BCUT2D eigenvalue weighted by atomic mass is 127. The van der Waals surface area contributed by atoms with Gasteiger partial charge in [0.05, 0.1) is 0 Å². The van der Waals surface area contributed by atoms with Crippen molar-refractivity contribution in [2.24, 2.45) is 10.9 Å². The van der Waals surface area contributed by atoms with Gasteiger partial charge in [0.15, 0.2) is 5.96 Å². The van der Waals surface area contributed by atoms with Gasteiger partial charge in [0.25, 0.3) is 0 Å². The molecule has 0 bridgehead atoms. The first-order valence-corrected chi connectivity index (χ1v) is 6.06. The van der Waals surface area contributed by atoms with Crippen molar-refractivity contribution in [1.82, 2.24) is 15.6 Å². The Balaban J connectivity index is 0.00000289. The predicted molar refractivity (Wildman–Crippen MR) is 87.6 cm³/mol. The van der Waals surface area contributed by atoms with Gasteiger partial charge in [0.2, 0.25) is 0 Å². The summed E-state index contributed by atoms with van der Waals surface area (Å²) in [6.07, 6.45) is 2.73. The van der Waals surface area contributed by atoms with E-state index in [1.807, 2.05) is 24.4 Å².